The zero-order valence-corrected chi connectivity index (χ0v) is 10.6. The van der Waals surface area contributed by atoms with Crippen molar-refractivity contribution in [2.45, 2.75) is 12.8 Å². The number of likely N-dealkylation sites (N-methyl/N-ethyl adjacent to an activating group) is 1. The molecule has 1 aromatic heterocycles. The van der Waals surface area contributed by atoms with E-state index in [2.05, 4.69) is 10.6 Å². The van der Waals surface area contributed by atoms with Crippen molar-refractivity contribution in [1.82, 2.24) is 10.6 Å². The second-order valence-electron chi connectivity index (χ2n) is 3.13. The highest BCUT2D eigenvalue weighted by atomic mass is 35.5. The lowest BCUT2D eigenvalue weighted by Gasteiger charge is -2.09. The third-order valence-electron chi connectivity index (χ3n) is 2.04. The summed E-state index contributed by atoms with van der Waals surface area (Å²) in [4.78, 5) is 12.7. The van der Waals surface area contributed by atoms with Gasteiger partial charge in [0.05, 0.1) is 5.92 Å². The van der Waals surface area contributed by atoms with Gasteiger partial charge in [-0.3, -0.25) is 4.79 Å². The van der Waals surface area contributed by atoms with E-state index in [0.29, 0.717) is 6.54 Å². The minimum absolute atomic E-state index is 0. The molecule has 0 aliphatic rings. The number of hydrogen-bond acceptors (Lipinski definition) is 3. The standard InChI is InChI=1S/C10H16N2OS.ClH/c1-8(9-4-3-7-14-9)10(13)12-6-5-11-2;/h3-4,7-8,11H,5-6H2,1-2H3,(H,12,13);1H. The van der Waals surface area contributed by atoms with Crippen LogP contribution in [0.4, 0.5) is 0 Å². The quantitative estimate of drug-likeness (QED) is 0.778. The van der Waals surface area contributed by atoms with Crippen molar-refractivity contribution in [3.05, 3.63) is 22.4 Å². The highest BCUT2D eigenvalue weighted by molar-refractivity contribution is 7.10. The Balaban J connectivity index is 0.00000196. The Bertz CT molecular complexity index is 277. The summed E-state index contributed by atoms with van der Waals surface area (Å²) in [6.07, 6.45) is 0. The first-order valence-electron chi connectivity index (χ1n) is 4.71. The molecule has 86 valence electrons. The number of hydrogen-bond donors (Lipinski definition) is 2. The van der Waals surface area contributed by atoms with Crippen LogP contribution in [0.3, 0.4) is 0 Å². The van der Waals surface area contributed by atoms with Gasteiger partial charge in [0.15, 0.2) is 0 Å². The predicted octanol–water partition coefficient (Wildman–Crippen LogP) is 1.61. The van der Waals surface area contributed by atoms with Gasteiger partial charge in [0.2, 0.25) is 5.91 Å². The van der Waals surface area contributed by atoms with Crippen molar-refractivity contribution in [1.29, 1.82) is 0 Å². The van der Waals surface area contributed by atoms with E-state index in [1.165, 1.54) is 0 Å². The summed E-state index contributed by atoms with van der Waals surface area (Å²) >= 11 is 1.62. The third-order valence-corrected chi connectivity index (χ3v) is 3.09. The smallest absolute Gasteiger partial charge is 0.228 e. The van der Waals surface area contributed by atoms with Gasteiger partial charge in [-0.15, -0.1) is 23.7 Å². The molecule has 15 heavy (non-hydrogen) atoms. The molecule has 0 bridgehead atoms. The van der Waals surface area contributed by atoms with Crippen molar-refractivity contribution in [2.24, 2.45) is 0 Å². The molecule has 1 unspecified atom stereocenters. The molecule has 0 radical (unpaired) electrons. The molecule has 1 atom stereocenters. The van der Waals surface area contributed by atoms with Crippen LogP contribution in [0.2, 0.25) is 0 Å². The van der Waals surface area contributed by atoms with E-state index in [0.717, 1.165) is 11.4 Å². The molecule has 1 amide bonds. The fourth-order valence-electron chi connectivity index (χ4n) is 1.13. The number of rotatable bonds is 5. The van der Waals surface area contributed by atoms with Gasteiger partial charge < -0.3 is 10.6 Å². The lowest BCUT2D eigenvalue weighted by atomic mass is 10.1. The number of carbonyl (C=O) groups is 1. The molecule has 5 heteroatoms. The average molecular weight is 249 g/mol. The maximum absolute atomic E-state index is 11.6. The molecule has 2 N–H and O–H groups in total. The summed E-state index contributed by atoms with van der Waals surface area (Å²) in [6.45, 7) is 3.43. The van der Waals surface area contributed by atoms with Gasteiger partial charge in [0.25, 0.3) is 0 Å². The van der Waals surface area contributed by atoms with E-state index in [1.54, 1.807) is 11.3 Å². The maximum Gasteiger partial charge on any atom is 0.228 e. The van der Waals surface area contributed by atoms with E-state index in [1.807, 2.05) is 31.5 Å². The Morgan fingerprint density at radius 3 is 2.80 bits per heavy atom. The van der Waals surface area contributed by atoms with Gasteiger partial charge in [0.1, 0.15) is 0 Å². The van der Waals surface area contributed by atoms with Crippen LogP contribution in [-0.4, -0.2) is 26.0 Å². The van der Waals surface area contributed by atoms with Crippen LogP contribution in [0.1, 0.15) is 17.7 Å². The van der Waals surface area contributed by atoms with E-state index >= 15 is 0 Å². The molecular formula is C10H17ClN2OS. The fraction of sp³-hybridized carbons (Fsp3) is 0.500. The summed E-state index contributed by atoms with van der Waals surface area (Å²) in [7, 11) is 1.87. The van der Waals surface area contributed by atoms with Crippen LogP contribution >= 0.6 is 23.7 Å². The number of thiophene rings is 1. The van der Waals surface area contributed by atoms with Crippen molar-refractivity contribution in [3.8, 4) is 0 Å². The lowest BCUT2D eigenvalue weighted by molar-refractivity contribution is -0.122. The first-order chi connectivity index (χ1) is 6.75. The van der Waals surface area contributed by atoms with Gasteiger partial charge in [-0.05, 0) is 25.4 Å². The number of amides is 1. The first kappa shape index (κ1) is 14.4. The molecule has 0 saturated carbocycles. The van der Waals surface area contributed by atoms with Gasteiger partial charge >= 0.3 is 0 Å². The highest BCUT2D eigenvalue weighted by Gasteiger charge is 2.14. The molecule has 1 aromatic rings. The Kier molecular flexibility index (Phi) is 7.38. The van der Waals surface area contributed by atoms with Crippen molar-refractivity contribution < 1.29 is 4.79 Å². The fourth-order valence-corrected chi connectivity index (χ4v) is 1.91. The monoisotopic (exact) mass is 248 g/mol. The number of halogens is 1. The summed E-state index contributed by atoms with van der Waals surface area (Å²) in [6, 6.07) is 3.96. The van der Waals surface area contributed by atoms with E-state index in [4.69, 9.17) is 0 Å². The second-order valence-corrected chi connectivity index (χ2v) is 4.11. The Labute approximate surface area is 101 Å². The second kappa shape index (κ2) is 7.68. The molecular weight excluding hydrogens is 232 g/mol. The van der Waals surface area contributed by atoms with Crippen LogP contribution in [0, 0.1) is 0 Å². The minimum atomic E-state index is -0.0353. The summed E-state index contributed by atoms with van der Waals surface area (Å²) in [5, 5.41) is 7.85. The topological polar surface area (TPSA) is 41.1 Å². The Morgan fingerprint density at radius 1 is 1.53 bits per heavy atom. The van der Waals surface area contributed by atoms with Gasteiger partial charge in [0, 0.05) is 18.0 Å². The van der Waals surface area contributed by atoms with Crippen LogP contribution in [0.25, 0.3) is 0 Å². The molecule has 1 rings (SSSR count). The minimum Gasteiger partial charge on any atom is -0.354 e. The van der Waals surface area contributed by atoms with Gasteiger partial charge in [-0.1, -0.05) is 6.07 Å². The molecule has 3 nitrogen and oxygen atoms in total. The molecule has 0 aliphatic carbocycles. The normalized spacial score (nSPS) is 11.6. The summed E-state index contributed by atoms with van der Waals surface area (Å²) in [5.41, 5.74) is 0. The van der Waals surface area contributed by atoms with Crippen molar-refractivity contribution in [3.63, 3.8) is 0 Å². The van der Waals surface area contributed by atoms with Crippen LogP contribution < -0.4 is 10.6 Å². The lowest BCUT2D eigenvalue weighted by Crippen LogP contribution is -2.33. The Hall–Kier alpha value is -0.580. The molecule has 1 heterocycles. The number of carbonyl (C=O) groups excluding carboxylic acids is 1. The largest absolute Gasteiger partial charge is 0.354 e. The SMILES string of the molecule is CNCCNC(=O)C(C)c1cccs1.Cl. The first-order valence-corrected chi connectivity index (χ1v) is 5.59. The van der Waals surface area contributed by atoms with Crippen molar-refractivity contribution in [2.75, 3.05) is 20.1 Å². The highest BCUT2D eigenvalue weighted by Crippen LogP contribution is 2.20. The van der Waals surface area contributed by atoms with Gasteiger partial charge in [-0.2, -0.15) is 0 Å². The predicted molar refractivity (Wildman–Crippen MR) is 66.9 cm³/mol. The summed E-state index contributed by atoms with van der Waals surface area (Å²) < 4.78 is 0. The molecule has 0 aromatic carbocycles. The molecule has 0 fully saturated rings. The van der Waals surface area contributed by atoms with Gasteiger partial charge in [-0.25, -0.2) is 0 Å². The molecule has 0 spiro atoms. The van der Waals surface area contributed by atoms with E-state index in [-0.39, 0.29) is 24.2 Å². The zero-order valence-electron chi connectivity index (χ0n) is 8.95. The zero-order chi connectivity index (χ0) is 10.4. The molecule has 0 aliphatic heterocycles. The van der Waals surface area contributed by atoms with E-state index < -0.39 is 0 Å². The Morgan fingerprint density at radius 2 is 2.27 bits per heavy atom. The summed E-state index contributed by atoms with van der Waals surface area (Å²) in [5.74, 6) is 0.0644. The number of nitrogens with one attached hydrogen (secondary N) is 2. The molecule has 0 saturated heterocycles. The maximum atomic E-state index is 11.6. The van der Waals surface area contributed by atoms with Crippen LogP contribution in [0.5, 0.6) is 0 Å². The third kappa shape index (κ3) is 4.64. The van der Waals surface area contributed by atoms with Crippen LogP contribution in [0.15, 0.2) is 17.5 Å². The average Bonchev–Trinajstić information content (AvgIpc) is 2.69. The van der Waals surface area contributed by atoms with Crippen molar-refractivity contribution >= 4 is 29.7 Å². The van der Waals surface area contributed by atoms with E-state index in [9.17, 15) is 4.79 Å². The van der Waals surface area contributed by atoms with Crippen LogP contribution in [-0.2, 0) is 4.79 Å².